The van der Waals surface area contributed by atoms with Crippen molar-refractivity contribution < 1.29 is 18.9 Å². The van der Waals surface area contributed by atoms with E-state index in [0.29, 0.717) is 18.8 Å². The van der Waals surface area contributed by atoms with Gasteiger partial charge in [-0.1, -0.05) is 36.5 Å². The number of rotatable bonds is 10. The minimum Gasteiger partial charge on any atom is -0.375 e. The highest BCUT2D eigenvalue weighted by molar-refractivity contribution is 5.19. The molecule has 0 N–H and O–H groups in total. The Balaban J connectivity index is 0.000000111. The standard InChI is InChI=1S/C18H26O2.C12H16.C6H10O2/c1-2-12-8-13(4-3-7-19-10-16-11-20-16)18-15-6-5-14(9-15)17(12)18;1-2-8-5-7(1)11-9-3-4-10(6-9)12(8)11;1-2-3-7-4-6-5-8-6/h2-4,12-18H,1,5-11H2;1-2,7-12H,3-6H2;2,6H,1,3-5H2/b4-3+;;. The third-order valence-electron chi connectivity index (χ3n) is 12.3. The van der Waals surface area contributed by atoms with Crippen LogP contribution in [0, 0.1) is 71.0 Å². The lowest BCUT2D eigenvalue weighted by Gasteiger charge is -2.31. The van der Waals surface area contributed by atoms with Crippen LogP contribution in [-0.4, -0.2) is 51.8 Å². The SMILES string of the molecule is C1=CC2CC1C1C3CCC(C3)C21.C=CC1CC(/C=C/COCC2CO2)C2C3CCC(C3)C12.C=CCOCC1CO1. The summed E-state index contributed by atoms with van der Waals surface area (Å²) >= 11 is 0. The Labute approximate surface area is 242 Å². The molecule has 2 saturated heterocycles. The van der Waals surface area contributed by atoms with Gasteiger partial charge in [0.25, 0.3) is 0 Å². The van der Waals surface area contributed by atoms with Crippen LogP contribution in [-0.2, 0) is 18.9 Å². The Kier molecular flexibility index (Phi) is 8.42. The van der Waals surface area contributed by atoms with E-state index in [0.717, 1.165) is 104 Å². The van der Waals surface area contributed by atoms with Crippen molar-refractivity contribution in [1.29, 1.82) is 0 Å². The summed E-state index contributed by atoms with van der Waals surface area (Å²) < 4.78 is 20.7. The highest BCUT2D eigenvalue weighted by atomic mass is 16.6. The third kappa shape index (κ3) is 5.72. The first kappa shape index (κ1) is 27.6. The smallest absolute Gasteiger partial charge is 0.104 e. The summed E-state index contributed by atoms with van der Waals surface area (Å²) in [5.74, 6) is 12.1. The van der Waals surface area contributed by atoms with E-state index in [1.807, 2.05) is 0 Å². The Bertz CT molecular complexity index is 924. The Morgan fingerprint density at radius 1 is 0.650 bits per heavy atom. The predicted octanol–water partition coefficient (Wildman–Crippen LogP) is 6.88. The number of epoxide rings is 2. The number of allylic oxidation sites excluding steroid dienone is 4. The molecule has 6 bridgehead atoms. The molecule has 0 aromatic rings. The van der Waals surface area contributed by atoms with Crippen LogP contribution in [0.1, 0.15) is 51.4 Å². The molecule has 14 unspecified atom stereocenters. The number of hydrogen-bond donors (Lipinski definition) is 0. The second-order valence-corrected chi connectivity index (χ2v) is 14.4. The van der Waals surface area contributed by atoms with Crippen molar-refractivity contribution >= 4 is 0 Å². The fourth-order valence-corrected chi connectivity index (χ4v) is 10.8. The maximum atomic E-state index is 5.61. The second kappa shape index (κ2) is 12.2. The van der Waals surface area contributed by atoms with Crippen LogP contribution in [0.15, 0.2) is 49.6 Å². The van der Waals surface area contributed by atoms with Gasteiger partial charge in [-0.2, -0.15) is 0 Å². The molecule has 0 aromatic carbocycles. The number of hydrogen-bond acceptors (Lipinski definition) is 4. The van der Waals surface area contributed by atoms with Gasteiger partial charge in [0.1, 0.15) is 12.2 Å². The molecule has 0 radical (unpaired) electrons. The van der Waals surface area contributed by atoms with Crippen LogP contribution in [0.3, 0.4) is 0 Å². The molecule has 2 aliphatic heterocycles. The maximum Gasteiger partial charge on any atom is 0.104 e. The normalized spacial score (nSPS) is 48.9. The molecule has 9 aliphatic rings. The first-order valence-corrected chi connectivity index (χ1v) is 16.7. The van der Waals surface area contributed by atoms with Crippen LogP contribution < -0.4 is 0 Å². The Morgan fingerprint density at radius 3 is 1.70 bits per heavy atom. The molecule has 0 aromatic heterocycles. The summed E-state index contributed by atoms with van der Waals surface area (Å²) in [6, 6.07) is 0. The van der Waals surface area contributed by atoms with Crippen LogP contribution in [0.4, 0.5) is 0 Å². The molecular weight excluding hydrogens is 496 g/mol. The maximum absolute atomic E-state index is 5.61. The summed E-state index contributed by atoms with van der Waals surface area (Å²) in [5.41, 5.74) is 0. The lowest BCUT2D eigenvalue weighted by Crippen LogP contribution is -2.25. The monoisotopic (exact) mass is 548 g/mol. The molecule has 0 amide bonds. The topological polar surface area (TPSA) is 43.5 Å². The second-order valence-electron chi connectivity index (χ2n) is 14.4. The van der Waals surface area contributed by atoms with Crippen LogP contribution in [0.2, 0.25) is 0 Å². The largest absolute Gasteiger partial charge is 0.375 e. The summed E-state index contributed by atoms with van der Waals surface area (Å²) in [6.07, 6.45) is 26.6. The summed E-state index contributed by atoms with van der Waals surface area (Å²) in [7, 11) is 0. The van der Waals surface area contributed by atoms with Gasteiger partial charge in [-0.3, -0.25) is 0 Å². The fourth-order valence-electron chi connectivity index (χ4n) is 10.8. The van der Waals surface area contributed by atoms with Gasteiger partial charge < -0.3 is 18.9 Å². The van der Waals surface area contributed by atoms with Gasteiger partial charge in [-0.05, 0) is 122 Å². The average Bonchev–Trinajstić information content (AvgIpc) is 3.50. The molecule has 0 spiro atoms. The van der Waals surface area contributed by atoms with Crippen LogP contribution in [0.25, 0.3) is 0 Å². The molecule has 40 heavy (non-hydrogen) atoms. The van der Waals surface area contributed by atoms with E-state index in [4.69, 9.17) is 18.9 Å². The molecule has 14 atom stereocenters. The lowest BCUT2D eigenvalue weighted by molar-refractivity contribution is 0.140. The molecule has 220 valence electrons. The van der Waals surface area contributed by atoms with Crippen molar-refractivity contribution in [3.05, 3.63) is 49.6 Å². The molecule has 4 nitrogen and oxygen atoms in total. The lowest BCUT2D eigenvalue weighted by atomic mass is 9.73. The van der Waals surface area contributed by atoms with Crippen LogP contribution in [0.5, 0.6) is 0 Å². The first-order chi connectivity index (χ1) is 19.7. The first-order valence-electron chi connectivity index (χ1n) is 16.7. The predicted molar refractivity (Wildman–Crippen MR) is 159 cm³/mol. The van der Waals surface area contributed by atoms with Crippen molar-refractivity contribution in [3.8, 4) is 0 Å². The van der Waals surface area contributed by atoms with E-state index in [2.05, 4.69) is 43.5 Å². The van der Waals surface area contributed by atoms with Crippen LogP contribution >= 0.6 is 0 Å². The highest BCUT2D eigenvalue weighted by Crippen LogP contribution is 2.65. The molecular formula is C36H52O4. The minimum atomic E-state index is 0.384. The zero-order chi connectivity index (χ0) is 27.1. The molecule has 2 heterocycles. The molecule has 8 fully saturated rings. The molecule has 9 rings (SSSR count). The quantitative estimate of drug-likeness (QED) is 0.129. The van der Waals surface area contributed by atoms with Gasteiger partial charge in [0, 0.05) is 0 Å². The van der Waals surface area contributed by atoms with Gasteiger partial charge in [0.2, 0.25) is 0 Å². The Hall–Kier alpha value is -1.20. The van der Waals surface area contributed by atoms with Crippen molar-refractivity contribution in [2.45, 2.75) is 63.6 Å². The van der Waals surface area contributed by atoms with E-state index >= 15 is 0 Å². The summed E-state index contributed by atoms with van der Waals surface area (Å²) in [4.78, 5) is 0. The van der Waals surface area contributed by atoms with Gasteiger partial charge in [0.05, 0.1) is 39.6 Å². The third-order valence-corrected chi connectivity index (χ3v) is 12.3. The van der Waals surface area contributed by atoms with Gasteiger partial charge in [-0.15, -0.1) is 13.2 Å². The van der Waals surface area contributed by atoms with Crippen molar-refractivity contribution in [2.24, 2.45) is 71.0 Å². The van der Waals surface area contributed by atoms with E-state index in [9.17, 15) is 0 Å². The van der Waals surface area contributed by atoms with Gasteiger partial charge in [0.15, 0.2) is 0 Å². The zero-order valence-electron chi connectivity index (χ0n) is 24.5. The molecule has 4 heteroatoms. The number of ether oxygens (including phenoxy) is 4. The van der Waals surface area contributed by atoms with E-state index in [1.54, 1.807) is 25.3 Å². The van der Waals surface area contributed by atoms with Crippen molar-refractivity contribution in [2.75, 3.05) is 39.6 Å². The Morgan fingerprint density at radius 2 is 1.18 bits per heavy atom. The highest BCUT2D eigenvalue weighted by Gasteiger charge is 2.58. The van der Waals surface area contributed by atoms with E-state index in [1.165, 1.54) is 32.1 Å². The fraction of sp³-hybridized carbons (Fsp3) is 0.778. The van der Waals surface area contributed by atoms with Crippen molar-refractivity contribution in [3.63, 3.8) is 0 Å². The minimum absolute atomic E-state index is 0.384. The average molecular weight is 549 g/mol. The van der Waals surface area contributed by atoms with E-state index in [-0.39, 0.29) is 0 Å². The van der Waals surface area contributed by atoms with Crippen molar-refractivity contribution in [1.82, 2.24) is 0 Å². The molecule has 7 aliphatic carbocycles. The summed E-state index contributed by atoms with van der Waals surface area (Å²) in [6.45, 7) is 12.3. The zero-order valence-corrected chi connectivity index (χ0v) is 24.5. The number of fused-ring (bicyclic) bond motifs is 14. The van der Waals surface area contributed by atoms with Gasteiger partial charge >= 0.3 is 0 Å². The van der Waals surface area contributed by atoms with E-state index < -0.39 is 0 Å². The summed E-state index contributed by atoms with van der Waals surface area (Å²) in [5, 5.41) is 0. The van der Waals surface area contributed by atoms with Gasteiger partial charge in [-0.25, -0.2) is 0 Å². The molecule has 6 saturated carbocycles.